The zero-order valence-corrected chi connectivity index (χ0v) is 40.4. The maximum Gasteiger partial charge on any atom is 0.416 e. The summed E-state index contributed by atoms with van der Waals surface area (Å²) in [5.74, 6) is -1.23. The highest BCUT2D eigenvalue weighted by molar-refractivity contribution is 9.10. The van der Waals surface area contributed by atoms with Gasteiger partial charge >= 0.3 is 12.2 Å². The lowest BCUT2D eigenvalue weighted by molar-refractivity contribution is -0.137. The van der Waals surface area contributed by atoms with E-state index in [4.69, 9.17) is 9.68 Å². The number of aromatic hydroxyl groups is 2. The van der Waals surface area contributed by atoms with E-state index in [1.807, 2.05) is 66.7 Å². The van der Waals surface area contributed by atoms with E-state index < -0.39 is 23.7 Å². The minimum absolute atomic E-state index is 0.0490. The van der Waals surface area contributed by atoms with E-state index in [1.165, 1.54) is 36.4 Å². The lowest BCUT2D eigenvalue weighted by Gasteiger charge is -2.11. The van der Waals surface area contributed by atoms with Crippen molar-refractivity contribution in [3.05, 3.63) is 214 Å². The zero-order valence-electron chi connectivity index (χ0n) is 38.8. The molecule has 3 amide bonds. The highest BCUT2D eigenvalue weighted by atomic mass is 79.9. The molecule has 15 nitrogen and oxygen atoms in total. The van der Waals surface area contributed by atoms with Gasteiger partial charge in [0.15, 0.2) is 5.78 Å². The minimum atomic E-state index is -4.61. The Bertz CT molecular complexity index is 3710. The van der Waals surface area contributed by atoms with Gasteiger partial charge in [-0.3, -0.25) is 14.9 Å². The molecule has 0 atom stereocenters. The molecule has 9 aromatic rings. The molecule has 0 saturated carbocycles. The second-order valence-corrected chi connectivity index (χ2v) is 17.4. The SMILES string of the molecule is O=C(NC(=O)c1ccc2c(N=Nc3ccc(-c4ccc(C(=O)c5ccc(N=Nc6c(O)ccc7cc(CO/N=C/ONc8cccc(Br)c8)ccc67)cc5)cc4)cc3)c(O)ccc2c1)Nc1cccc(C(F)(F)F)c1. The molecular weight excluding hydrogens is 1030 g/mol. The Morgan fingerprint density at radius 1 is 0.587 bits per heavy atom. The number of oxime groups is 1. The number of anilines is 2. The van der Waals surface area contributed by atoms with Gasteiger partial charge in [0.1, 0.15) is 29.5 Å². The predicted octanol–water partition coefficient (Wildman–Crippen LogP) is 15.4. The first kappa shape index (κ1) is 50.2. The van der Waals surface area contributed by atoms with Crippen molar-refractivity contribution in [1.29, 1.82) is 0 Å². The number of benzene rings is 9. The normalized spacial score (nSPS) is 11.6. The second-order valence-electron chi connectivity index (χ2n) is 16.5. The van der Waals surface area contributed by atoms with Crippen molar-refractivity contribution in [3.63, 3.8) is 0 Å². The number of phenols is 2. The third kappa shape index (κ3) is 12.5. The number of alkyl halides is 3. The van der Waals surface area contributed by atoms with Gasteiger partial charge in [0, 0.05) is 37.6 Å². The Morgan fingerprint density at radius 2 is 1.15 bits per heavy atom. The van der Waals surface area contributed by atoms with Crippen LogP contribution in [0.5, 0.6) is 11.5 Å². The van der Waals surface area contributed by atoms with Crippen LogP contribution in [0.25, 0.3) is 32.7 Å². The average Bonchev–Trinajstić information content (AvgIpc) is 3.41. The van der Waals surface area contributed by atoms with E-state index in [-0.39, 0.29) is 46.5 Å². The van der Waals surface area contributed by atoms with Gasteiger partial charge in [0.2, 0.25) is 6.40 Å². The molecule has 0 radical (unpaired) electrons. The Balaban J connectivity index is 0.783. The number of phenolic OH excluding ortho intramolecular Hbond substituents is 2. The number of amides is 3. The van der Waals surface area contributed by atoms with E-state index in [1.54, 1.807) is 60.7 Å². The van der Waals surface area contributed by atoms with Crippen LogP contribution < -0.4 is 16.1 Å². The van der Waals surface area contributed by atoms with Gasteiger partial charge in [-0.05, 0) is 131 Å². The quantitative estimate of drug-likeness (QED) is 0.0219. The van der Waals surface area contributed by atoms with Gasteiger partial charge in [-0.25, -0.2) is 10.3 Å². The Kier molecular flexibility index (Phi) is 15.0. The van der Waals surface area contributed by atoms with Crippen LogP contribution in [0.2, 0.25) is 0 Å². The number of hydrogen-bond donors (Lipinski definition) is 5. The van der Waals surface area contributed by atoms with Crippen LogP contribution in [0.3, 0.4) is 0 Å². The number of hydrogen-bond acceptors (Lipinski definition) is 13. The summed E-state index contributed by atoms with van der Waals surface area (Å²) in [6, 6.07) is 47.5. The molecule has 9 aromatic carbocycles. The number of carbonyl (C=O) groups is 3. The summed E-state index contributed by atoms with van der Waals surface area (Å²) in [7, 11) is 0. The highest BCUT2D eigenvalue weighted by Gasteiger charge is 2.30. The van der Waals surface area contributed by atoms with Gasteiger partial charge in [-0.1, -0.05) is 99.9 Å². The summed E-state index contributed by atoms with van der Waals surface area (Å²) in [5, 5.41) is 49.2. The largest absolute Gasteiger partial charge is 0.506 e. The minimum Gasteiger partial charge on any atom is -0.506 e. The molecule has 0 aliphatic rings. The van der Waals surface area contributed by atoms with Crippen LogP contribution in [-0.2, 0) is 22.5 Å². The molecule has 0 heterocycles. The molecule has 0 fully saturated rings. The molecular formula is C56H38BrF3N8O7. The fraction of sp³-hybridized carbons (Fsp3) is 0.0357. The van der Waals surface area contributed by atoms with Gasteiger partial charge in [-0.2, -0.15) is 23.4 Å². The van der Waals surface area contributed by atoms with Crippen molar-refractivity contribution in [2.45, 2.75) is 12.8 Å². The molecule has 0 aliphatic carbocycles. The van der Waals surface area contributed by atoms with Gasteiger partial charge in [0.25, 0.3) is 5.91 Å². The van der Waals surface area contributed by atoms with Gasteiger partial charge in [-0.15, -0.1) is 10.2 Å². The number of fused-ring (bicyclic) bond motifs is 2. The summed E-state index contributed by atoms with van der Waals surface area (Å²) in [6.07, 6.45) is -3.46. The first-order valence-corrected chi connectivity index (χ1v) is 23.3. The third-order valence-electron chi connectivity index (χ3n) is 11.4. The fourth-order valence-electron chi connectivity index (χ4n) is 7.61. The number of urea groups is 1. The van der Waals surface area contributed by atoms with Crippen LogP contribution >= 0.6 is 15.9 Å². The van der Waals surface area contributed by atoms with Crippen molar-refractivity contribution in [2.75, 3.05) is 10.8 Å². The molecule has 75 heavy (non-hydrogen) atoms. The molecule has 0 aliphatic heterocycles. The van der Waals surface area contributed by atoms with Crippen LogP contribution in [0, 0.1) is 0 Å². The molecule has 19 heteroatoms. The predicted molar refractivity (Wildman–Crippen MR) is 281 cm³/mol. The number of ketones is 1. The Labute approximate surface area is 432 Å². The van der Waals surface area contributed by atoms with Gasteiger partial charge in [0.05, 0.1) is 22.6 Å². The number of nitrogens with one attached hydrogen (secondary N) is 3. The number of rotatable bonds is 15. The van der Waals surface area contributed by atoms with Crippen molar-refractivity contribution in [3.8, 4) is 22.6 Å². The number of carbonyl (C=O) groups excluding carboxylic acids is 3. The van der Waals surface area contributed by atoms with E-state index in [2.05, 4.69) is 57.7 Å². The summed E-state index contributed by atoms with van der Waals surface area (Å²) < 4.78 is 40.1. The average molecular weight is 1070 g/mol. The monoisotopic (exact) mass is 1070 g/mol. The van der Waals surface area contributed by atoms with Crippen LogP contribution in [0.15, 0.2) is 212 Å². The maximum atomic E-state index is 13.5. The van der Waals surface area contributed by atoms with Crippen molar-refractivity contribution in [2.24, 2.45) is 25.6 Å². The van der Waals surface area contributed by atoms with Gasteiger partial charge < -0.3 is 25.2 Å². The number of nitrogens with zero attached hydrogens (tertiary/aromatic N) is 5. The van der Waals surface area contributed by atoms with Crippen LogP contribution in [-0.4, -0.2) is 34.3 Å². The molecule has 0 aromatic heterocycles. The van der Waals surface area contributed by atoms with E-state index >= 15 is 0 Å². The molecule has 0 bridgehead atoms. The fourth-order valence-corrected chi connectivity index (χ4v) is 8.01. The highest BCUT2D eigenvalue weighted by Crippen LogP contribution is 2.39. The lowest BCUT2D eigenvalue weighted by Crippen LogP contribution is -2.34. The van der Waals surface area contributed by atoms with E-state index in [0.29, 0.717) is 38.7 Å². The molecule has 9 rings (SSSR count). The number of azo groups is 2. The van der Waals surface area contributed by atoms with Crippen molar-refractivity contribution >= 4 is 95.7 Å². The second kappa shape index (κ2) is 22.3. The summed E-state index contributed by atoms with van der Waals surface area (Å²) in [6.45, 7) is 0.168. The maximum absolute atomic E-state index is 13.5. The molecule has 0 saturated heterocycles. The van der Waals surface area contributed by atoms with Crippen molar-refractivity contribution in [1.82, 2.24) is 5.32 Å². The van der Waals surface area contributed by atoms with Crippen LogP contribution in [0.4, 0.5) is 52.1 Å². The smallest absolute Gasteiger partial charge is 0.416 e. The summed E-state index contributed by atoms with van der Waals surface area (Å²) in [5.41, 5.74) is 7.21. The third-order valence-corrected chi connectivity index (χ3v) is 11.8. The first-order valence-electron chi connectivity index (χ1n) is 22.5. The number of halogens is 4. The Hall–Kier alpha value is -9.75. The molecule has 0 spiro atoms. The molecule has 0 unspecified atom stereocenters. The van der Waals surface area contributed by atoms with Crippen LogP contribution in [0.1, 0.15) is 37.4 Å². The first-order chi connectivity index (χ1) is 36.2. The zero-order chi connectivity index (χ0) is 52.5. The summed E-state index contributed by atoms with van der Waals surface area (Å²) in [4.78, 5) is 49.4. The number of imide groups is 1. The van der Waals surface area contributed by atoms with Crippen molar-refractivity contribution < 1.29 is 47.4 Å². The lowest BCUT2D eigenvalue weighted by atomic mass is 9.99. The topological polar surface area (TPSA) is 208 Å². The Morgan fingerprint density at radius 3 is 1.79 bits per heavy atom. The van der Waals surface area contributed by atoms with E-state index in [0.717, 1.165) is 56.8 Å². The summed E-state index contributed by atoms with van der Waals surface area (Å²) >= 11 is 3.39. The standard InChI is InChI=1S/C56H38BrF3N8O7/c57-42-4-2-6-46(30-42)68-75-32-61-74-31-33-7-23-47-38(27-33)17-25-49(69)51(47)66-65-44-21-14-37(15-22-44)53(71)36-10-8-34(9-11-36)35-12-19-43(20-13-35)64-67-52-48-24-16-40(28-39(48)18-26-50(52)70)54(72)63-55(73)62-45-5-1-3-41(29-45)56(58,59)60/h1-30,32,68-70H,31H2,(H2,62,63,72,73)/b61-32+,66-65?,67-64?. The molecule has 5 N–H and O–H groups in total. The van der Waals surface area contributed by atoms with E-state index in [9.17, 15) is 37.8 Å². The molecule has 372 valence electrons.